The third-order valence-electron chi connectivity index (χ3n) is 1.81. The quantitative estimate of drug-likeness (QED) is 0.668. The third kappa shape index (κ3) is 2.68. The number of carbonyl (C=O) groups excluding carboxylic acids is 1. The molecule has 0 atom stereocenters. The molecule has 0 saturated carbocycles. The molecule has 1 aromatic rings. The van der Waals surface area contributed by atoms with E-state index >= 15 is 0 Å². The lowest BCUT2D eigenvalue weighted by molar-refractivity contribution is -0.138. The Balaban J connectivity index is 3.39. The molecule has 0 fully saturated rings. The van der Waals surface area contributed by atoms with Crippen LogP contribution >= 0.6 is 27.5 Å². The van der Waals surface area contributed by atoms with Crippen LogP contribution in [0.15, 0.2) is 12.1 Å². The van der Waals surface area contributed by atoms with Crippen molar-refractivity contribution >= 4 is 33.3 Å². The lowest BCUT2D eigenvalue weighted by atomic mass is 10.1. The molecule has 1 rings (SSSR count). The van der Waals surface area contributed by atoms with Gasteiger partial charge in [0, 0.05) is 5.56 Å². The number of benzene rings is 1. The summed E-state index contributed by atoms with van der Waals surface area (Å²) in [6.45, 7) is 0. The van der Waals surface area contributed by atoms with Crippen LogP contribution in [0.4, 0.5) is 13.2 Å². The van der Waals surface area contributed by atoms with Crippen molar-refractivity contribution in [3.8, 4) is 5.75 Å². The predicted molar refractivity (Wildman–Crippen MR) is 56.2 cm³/mol. The predicted octanol–water partition coefficient (Wildman–Crippen LogP) is 3.64. The Morgan fingerprint density at radius 1 is 1.44 bits per heavy atom. The first-order valence-corrected chi connectivity index (χ1v) is 5.46. The minimum Gasteiger partial charge on any atom is -0.506 e. The summed E-state index contributed by atoms with van der Waals surface area (Å²) < 4.78 is 37.3. The van der Waals surface area contributed by atoms with Crippen LogP contribution in [0.25, 0.3) is 0 Å². The van der Waals surface area contributed by atoms with E-state index in [-0.39, 0.29) is 10.9 Å². The number of hydrogen-bond acceptors (Lipinski definition) is 2. The fourth-order valence-electron chi connectivity index (χ4n) is 1.05. The SMILES string of the molecule is O=C(CBr)c1cc(Cl)c(O)c(C(F)(F)F)c1. The average Bonchev–Trinajstić information content (AvgIpc) is 2.18. The number of Topliss-reactive ketones (excluding diaryl/α,β-unsaturated/α-hetero) is 1. The van der Waals surface area contributed by atoms with Crippen molar-refractivity contribution in [1.29, 1.82) is 0 Å². The molecule has 0 aliphatic carbocycles. The topological polar surface area (TPSA) is 37.3 Å². The largest absolute Gasteiger partial charge is 0.506 e. The number of alkyl halides is 4. The van der Waals surface area contributed by atoms with Crippen LogP contribution in [0.3, 0.4) is 0 Å². The average molecular weight is 317 g/mol. The molecule has 0 aliphatic rings. The van der Waals surface area contributed by atoms with Crippen molar-refractivity contribution < 1.29 is 23.1 Å². The normalized spacial score (nSPS) is 11.6. The molecule has 2 nitrogen and oxygen atoms in total. The first-order valence-electron chi connectivity index (χ1n) is 3.96. The van der Waals surface area contributed by atoms with Crippen molar-refractivity contribution in [1.82, 2.24) is 0 Å². The van der Waals surface area contributed by atoms with E-state index in [9.17, 15) is 18.0 Å². The van der Waals surface area contributed by atoms with Gasteiger partial charge < -0.3 is 5.11 Å². The monoisotopic (exact) mass is 316 g/mol. The van der Waals surface area contributed by atoms with E-state index in [1.807, 2.05) is 0 Å². The highest BCUT2D eigenvalue weighted by molar-refractivity contribution is 9.09. The molecule has 0 spiro atoms. The van der Waals surface area contributed by atoms with E-state index in [0.717, 1.165) is 6.07 Å². The van der Waals surface area contributed by atoms with E-state index in [1.54, 1.807) is 0 Å². The molecule has 7 heteroatoms. The van der Waals surface area contributed by atoms with Crippen LogP contribution in [-0.4, -0.2) is 16.2 Å². The molecule has 1 aromatic carbocycles. The Hall–Kier alpha value is -0.750. The van der Waals surface area contributed by atoms with Crippen LogP contribution in [0, 0.1) is 0 Å². The zero-order chi connectivity index (χ0) is 12.5. The summed E-state index contributed by atoms with van der Waals surface area (Å²) in [5.41, 5.74) is -1.52. The van der Waals surface area contributed by atoms with Crippen molar-refractivity contribution in [2.75, 3.05) is 5.33 Å². The molecular formula is C9H5BrClF3O2. The van der Waals surface area contributed by atoms with Crippen molar-refractivity contribution in [2.24, 2.45) is 0 Å². The van der Waals surface area contributed by atoms with Crippen molar-refractivity contribution in [3.63, 3.8) is 0 Å². The number of halogens is 5. The van der Waals surface area contributed by atoms with Crippen molar-refractivity contribution in [3.05, 3.63) is 28.3 Å². The van der Waals surface area contributed by atoms with Gasteiger partial charge in [-0.3, -0.25) is 4.79 Å². The highest BCUT2D eigenvalue weighted by Crippen LogP contribution is 2.40. The van der Waals surface area contributed by atoms with Crippen LogP contribution < -0.4 is 0 Å². The maximum atomic E-state index is 12.4. The highest BCUT2D eigenvalue weighted by Gasteiger charge is 2.35. The lowest BCUT2D eigenvalue weighted by Gasteiger charge is -2.11. The molecule has 88 valence electrons. The lowest BCUT2D eigenvalue weighted by Crippen LogP contribution is -2.09. The van der Waals surface area contributed by atoms with Crippen LogP contribution in [-0.2, 0) is 6.18 Å². The second-order valence-corrected chi connectivity index (χ2v) is 3.88. The van der Waals surface area contributed by atoms with Gasteiger partial charge in [0.1, 0.15) is 5.75 Å². The van der Waals surface area contributed by atoms with Gasteiger partial charge >= 0.3 is 6.18 Å². The van der Waals surface area contributed by atoms with E-state index in [2.05, 4.69) is 15.9 Å². The fraction of sp³-hybridized carbons (Fsp3) is 0.222. The molecule has 0 unspecified atom stereocenters. The minimum atomic E-state index is -4.75. The van der Waals surface area contributed by atoms with Gasteiger partial charge in [-0.05, 0) is 12.1 Å². The molecule has 0 radical (unpaired) electrons. The van der Waals surface area contributed by atoms with E-state index in [1.165, 1.54) is 0 Å². The number of rotatable bonds is 2. The number of aromatic hydroxyl groups is 1. The Morgan fingerprint density at radius 3 is 2.44 bits per heavy atom. The molecule has 1 N–H and O–H groups in total. The second kappa shape index (κ2) is 4.63. The molecule has 0 aromatic heterocycles. The van der Waals surface area contributed by atoms with Gasteiger partial charge in [-0.2, -0.15) is 13.2 Å². The first kappa shape index (κ1) is 13.3. The molecule has 0 aliphatic heterocycles. The zero-order valence-corrected chi connectivity index (χ0v) is 9.95. The molecule has 0 saturated heterocycles. The summed E-state index contributed by atoms with van der Waals surface area (Å²) in [5.74, 6) is -1.62. The molecule has 0 bridgehead atoms. The highest BCUT2D eigenvalue weighted by atomic mass is 79.9. The van der Waals surface area contributed by atoms with Gasteiger partial charge in [-0.15, -0.1) is 0 Å². The number of hydrogen-bond donors (Lipinski definition) is 1. The fourth-order valence-corrected chi connectivity index (χ4v) is 1.60. The maximum Gasteiger partial charge on any atom is 0.420 e. The van der Waals surface area contributed by atoms with Gasteiger partial charge in [0.05, 0.1) is 15.9 Å². The van der Waals surface area contributed by atoms with Gasteiger partial charge in [0.15, 0.2) is 5.78 Å². The van der Waals surface area contributed by atoms with Crippen LogP contribution in [0.2, 0.25) is 5.02 Å². The van der Waals surface area contributed by atoms with Gasteiger partial charge in [-0.25, -0.2) is 0 Å². The molecule has 0 heterocycles. The van der Waals surface area contributed by atoms with E-state index < -0.39 is 28.3 Å². The summed E-state index contributed by atoms with van der Waals surface area (Å²) in [7, 11) is 0. The standard InChI is InChI=1S/C9H5BrClF3O2/c10-3-7(15)4-1-5(9(12,13)14)8(16)6(11)2-4/h1-2,16H,3H2. The molecular weight excluding hydrogens is 312 g/mol. The number of phenols is 1. The van der Waals surface area contributed by atoms with Crippen LogP contribution in [0.5, 0.6) is 5.75 Å². The number of phenolic OH excluding ortho intramolecular Hbond substituents is 1. The smallest absolute Gasteiger partial charge is 0.420 e. The third-order valence-corrected chi connectivity index (χ3v) is 2.61. The Labute approximate surface area is 102 Å². The summed E-state index contributed by atoms with van der Waals surface area (Å²) >= 11 is 8.24. The number of ketones is 1. The zero-order valence-electron chi connectivity index (χ0n) is 7.61. The summed E-state index contributed by atoms with van der Waals surface area (Å²) in [6.07, 6.45) is -4.75. The van der Waals surface area contributed by atoms with Crippen LogP contribution in [0.1, 0.15) is 15.9 Å². The Morgan fingerprint density at radius 2 is 2.00 bits per heavy atom. The van der Waals surface area contributed by atoms with E-state index in [0.29, 0.717) is 6.07 Å². The summed E-state index contributed by atoms with van der Waals surface area (Å²) in [4.78, 5) is 11.2. The van der Waals surface area contributed by atoms with E-state index in [4.69, 9.17) is 16.7 Å². The van der Waals surface area contributed by atoms with Gasteiger partial charge in [0.2, 0.25) is 0 Å². The maximum absolute atomic E-state index is 12.4. The Kier molecular flexibility index (Phi) is 3.85. The van der Waals surface area contributed by atoms with Gasteiger partial charge in [0.25, 0.3) is 0 Å². The minimum absolute atomic E-state index is 0.120. The Bertz CT molecular complexity index is 431. The first-order chi connectivity index (χ1) is 7.27. The van der Waals surface area contributed by atoms with Crippen molar-refractivity contribution in [2.45, 2.75) is 6.18 Å². The molecule has 16 heavy (non-hydrogen) atoms. The summed E-state index contributed by atoms with van der Waals surface area (Å²) in [5, 5.41) is 8.52. The second-order valence-electron chi connectivity index (χ2n) is 2.91. The van der Waals surface area contributed by atoms with Gasteiger partial charge in [-0.1, -0.05) is 27.5 Å². The number of carbonyl (C=O) groups is 1. The molecule has 0 amide bonds. The summed E-state index contributed by atoms with van der Waals surface area (Å²) in [6, 6.07) is 1.57.